The minimum atomic E-state index is -0.242. The molecular weight excluding hydrogens is 376 g/mol. The van der Waals surface area contributed by atoms with Gasteiger partial charge in [0.05, 0.1) is 13.5 Å². The second-order valence-electron chi connectivity index (χ2n) is 7.17. The van der Waals surface area contributed by atoms with Crippen LogP contribution in [0, 0.1) is 6.92 Å². The summed E-state index contributed by atoms with van der Waals surface area (Å²) in [5.74, 6) is 0.382. The first-order chi connectivity index (χ1) is 14.5. The van der Waals surface area contributed by atoms with Crippen molar-refractivity contribution in [2.45, 2.75) is 19.9 Å². The van der Waals surface area contributed by atoms with Crippen molar-refractivity contribution in [1.82, 2.24) is 4.90 Å². The number of amides is 2. The molecule has 0 spiro atoms. The highest BCUT2D eigenvalue weighted by Crippen LogP contribution is 2.15. The molecule has 0 aliphatic rings. The summed E-state index contributed by atoms with van der Waals surface area (Å²) in [4.78, 5) is 27.2. The number of aryl methyl sites for hydroxylation is 1. The van der Waals surface area contributed by atoms with Crippen molar-refractivity contribution in [3.63, 3.8) is 0 Å². The molecule has 2 amide bonds. The Labute approximate surface area is 177 Å². The van der Waals surface area contributed by atoms with Gasteiger partial charge in [-0.1, -0.05) is 60.2 Å². The number of hydrogen-bond acceptors (Lipinski definition) is 3. The van der Waals surface area contributed by atoms with E-state index in [1.54, 1.807) is 36.3 Å². The Morgan fingerprint density at radius 2 is 1.53 bits per heavy atom. The van der Waals surface area contributed by atoms with Gasteiger partial charge in [0.2, 0.25) is 11.8 Å². The van der Waals surface area contributed by atoms with E-state index in [0.717, 1.165) is 16.7 Å². The highest BCUT2D eigenvalue weighted by atomic mass is 16.5. The first-order valence-electron chi connectivity index (χ1n) is 9.84. The lowest BCUT2D eigenvalue weighted by atomic mass is 10.1. The number of ether oxygens (including phenoxy) is 1. The average Bonchev–Trinajstić information content (AvgIpc) is 2.76. The van der Waals surface area contributed by atoms with Crippen LogP contribution in [0.2, 0.25) is 0 Å². The SMILES string of the molecule is COc1ccc(NC(=O)CN(Cc2ccc(C)cc2)C(=O)Cc2ccccc2)cc1. The van der Waals surface area contributed by atoms with Gasteiger partial charge in [0.15, 0.2) is 0 Å². The summed E-state index contributed by atoms with van der Waals surface area (Å²) in [6, 6.07) is 24.6. The minimum absolute atomic E-state index is 0.0222. The molecule has 30 heavy (non-hydrogen) atoms. The Kier molecular flexibility index (Phi) is 7.22. The third kappa shape index (κ3) is 6.21. The van der Waals surface area contributed by atoms with Gasteiger partial charge in [-0.2, -0.15) is 0 Å². The Morgan fingerprint density at radius 3 is 2.17 bits per heavy atom. The summed E-state index contributed by atoms with van der Waals surface area (Å²) in [5, 5.41) is 2.85. The van der Waals surface area contributed by atoms with E-state index in [-0.39, 0.29) is 24.8 Å². The maximum atomic E-state index is 13.0. The van der Waals surface area contributed by atoms with Gasteiger partial charge in [0.1, 0.15) is 12.3 Å². The molecule has 0 aromatic heterocycles. The van der Waals surface area contributed by atoms with Crippen molar-refractivity contribution in [2.75, 3.05) is 19.0 Å². The molecule has 3 aromatic carbocycles. The normalized spacial score (nSPS) is 10.3. The van der Waals surface area contributed by atoms with Gasteiger partial charge in [-0.3, -0.25) is 9.59 Å². The number of benzene rings is 3. The van der Waals surface area contributed by atoms with Gasteiger partial charge >= 0.3 is 0 Å². The highest BCUT2D eigenvalue weighted by Gasteiger charge is 2.18. The molecule has 3 rings (SSSR count). The molecule has 1 N–H and O–H groups in total. The number of carbonyl (C=O) groups excluding carboxylic acids is 2. The van der Waals surface area contributed by atoms with Crippen LogP contribution in [0.4, 0.5) is 5.69 Å². The summed E-state index contributed by atoms with van der Waals surface area (Å²) >= 11 is 0. The third-order valence-corrected chi connectivity index (χ3v) is 4.75. The number of hydrogen-bond donors (Lipinski definition) is 1. The van der Waals surface area contributed by atoms with Gasteiger partial charge in [0, 0.05) is 12.2 Å². The van der Waals surface area contributed by atoms with Crippen molar-refractivity contribution in [3.8, 4) is 5.75 Å². The van der Waals surface area contributed by atoms with E-state index < -0.39 is 0 Å². The fourth-order valence-electron chi connectivity index (χ4n) is 3.08. The number of anilines is 1. The maximum Gasteiger partial charge on any atom is 0.244 e. The molecule has 0 fully saturated rings. The standard InChI is InChI=1S/C25H26N2O3/c1-19-8-10-21(11-9-19)17-27(25(29)16-20-6-4-3-5-7-20)18-24(28)26-22-12-14-23(30-2)15-13-22/h3-15H,16-18H2,1-2H3,(H,26,28). The molecule has 0 heterocycles. The summed E-state index contributed by atoms with van der Waals surface area (Å²) in [5.41, 5.74) is 3.72. The van der Waals surface area contributed by atoms with Crippen LogP contribution in [0.25, 0.3) is 0 Å². The first kappa shape index (κ1) is 21.1. The molecular formula is C25H26N2O3. The van der Waals surface area contributed by atoms with E-state index in [4.69, 9.17) is 4.74 Å². The summed E-state index contributed by atoms with van der Waals surface area (Å²) in [7, 11) is 1.59. The molecule has 0 aliphatic carbocycles. The summed E-state index contributed by atoms with van der Waals surface area (Å²) < 4.78 is 5.14. The predicted octanol–water partition coefficient (Wildman–Crippen LogP) is 4.21. The molecule has 154 valence electrons. The van der Waals surface area contributed by atoms with E-state index in [2.05, 4.69) is 5.32 Å². The molecule has 0 unspecified atom stereocenters. The van der Waals surface area contributed by atoms with Crippen molar-refractivity contribution >= 4 is 17.5 Å². The van der Waals surface area contributed by atoms with Crippen LogP contribution in [0.1, 0.15) is 16.7 Å². The smallest absolute Gasteiger partial charge is 0.244 e. The molecule has 0 aliphatic heterocycles. The predicted molar refractivity (Wildman–Crippen MR) is 118 cm³/mol. The quantitative estimate of drug-likeness (QED) is 0.614. The molecule has 5 heteroatoms. The van der Waals surface area contributed by atoms with Crippen LogP contribution in [-0.4, -0.2) is 30.4 Å². The first-order valence-corrected chi connectivity index (χ1v) is 9.84. The zero-order chi connectivity index (χ0) is 21.3. The Hall–Kier alpha value is -3.60. The van der Waals surface area contributed by atoms with Crippen LogP contribution >= 0.6 is 0 Å². The van der Waals surface area contributed by atoms with Crippen molar-refractivity contribution in [2.24, 2.45) is 0 Å². The fraction of sp³-hybridized carbons (Fsp3) is 0.200. The summed E-state index contributed by atoms with van der Waals surface area (Å²) in [6.45, 7) is 2.37. The number of nitrogens with zero attached hydrogens (tertiary/aromatic N) is 1. The largest absolute Gasteiger partial charge is 0.497 e. The van der Waals surface area contributed by atoms with Crippen LogP contribution < -0.4 is 10.1 Å². The zero-order valence-corrected chi connectivity index (χ0v) is 17.3. The van der Waals surface area contributed by atoms with Crippen LogP contribution in [-0.2, 0) is 22.6 Å². The van der Waals surface area contributed by atoms with Crippen molar-refractivity contribution in [3.05, 3.63) is 95.6 Å². The number of nitrogens with one attached hydrogen (secondary N) is 1. The maximum absolute atomic E-state index is 13.0. The second kappa shape index (κ2) is 10.3. The van der Waals surface area contributed by atoms with Gasteiger partial charge in [-0.15, -0.1) is 0 Å². The number of rotatable bonds is 8. The lowest BCUT2D eigenvalue weighted by Crippen LogP contribution is -2.38. The second-order valence-corrected chi connectivity index (χ2v) is 7.17. The average molecular weight is 402 g/mol. The van der Waals surface area contributed by atoms with E-state index >= 15 is 0 Å². The fourth-order valence-corrected chi connectivity index (χ4v) is 3.08. The van der Waals surface area contributed by atoms with E-state index in [1.165, 1.54) is 0 Å². The Morgan fingerprint density at radius 1 is 0.867 bits per heavy atom. The molecule has 0 bridgehead atoms. The van der Waals surface area contributed by atoms with Gasteiger partial charge in [-0.05, 0) is 42.3 Å². The molecule has 0 saturated heterocycles. The van der Waals surface area contributed by atoms with Gasteiger partial charge < -0.3 is 15.0 Å². The van der Waals surface area contributed by atoms with Gasteiger partial charge in [-0.25, -0.2) is 0 Å². The highest BCUT2D eigenvalue weighted by molar-refractivity contribution is 5.94. The monoisotopic (exact) mass is 402 g/mol. The molecule has 0 saturated carbocycles. The molecule has 0 atom stereocenters. The molecule has 5 nitrogen and oxygen atoms in total. The van der Waals surface area contributed by atoms with Crippen molar-refractivity contribution in [1.29, 1.82) is 0 Å². The van der Waals surface area contributed by atoms with E-state index in [1.807, 2.05) is 61.5 Å². The van der Waals surface area contributed by atoms with Crippen molar-refractivity contribution < 1.29 is 14.3 Å². The van der Waals surface area contributed by atoms with Crippen LogP contribution in [0.15, 0.2) is 78.9 Å². The van der Waals surface area contributed by atoms with E-state index in [9.17, 15) is 9.59 Å². The van der Waals surface area contributed by atoms with Crippen LogP contribution in [0.3, 0.4) is 0 Å². The topological polar surface area (TPSA) is 58.6 Å². The number of methoxy groups -OCH3 is 1. The Balaban J connectivity index is 1.70. The third-order valence-electron chi connectivity index (χ3n) is 4.75. The summed E-state index contributed by atoms with van der Waals surface area (Å²) in [6.07, 6.45) is 0.252. The number of carbonyl (C=O) groups is 2. The minimum Gasteiger partial charge on any atom is -0.497 e. The lowest BCUT2D eigenvalue weighted by Gasteiger charge is -2.23. The van der Waals surface area contributed by atoms with Gasteiger partial charge in [0.25, 0.3) is 0 Å². The van der Waals surface area contributed by atoms with Crippen LogP contribution in [0.5, 0.6) is 5.75 Å². The van der Waals surface area contributed by atoms with E-state index in [0.29, 0.717) is 18.0 Å². The lowest BCUT2D eigenvalue weighted by molar-refractivity contribution is -0.134. The Bertz CT molecular complexity index is 968. The molecule has 0 radical (unpaired) electrons. The molecule has 3 aromatic rings. The zero-order valence-electron chi connectivity index (χ0n) is 17.3.